The number of amides is 1. The number of rotatable bonds is 2. The van der Waals surface area contributed by atoms with E-state index >= 15 is 0 Å². The van der Waals surface area contributed by atoms with Gasteiger partial charge in [-0.1, -0.05) is 11.2 Å². The molecule has 1 aromatic carbocycles. The molecule has 0 saturated carbocycles. The summed E-state index contributed by atoms with van der Waals surface area (Å²) in [6.07, 6.45) is 3.61. The van der Waals surface area contributed by atoms with E-state index in [4.69, 9.17) is 0 Å². The zero-order chi connectivity index (χ0) is 12.4. The minimum absolute atomic E-state index is 0.264. The molecule has 1 aliphatic heterocycles. The number of nitrogens with zero attached hydrogens (tertiary/aromatic N) is 1. The maximum atomic E-state index is 11.8. The lowest BCUT2D eigenvalue weighted by Gasteiger charge is -2.18. The van der Waals surface area contributed by atoms with Crippen molar-refractivity contribution in [3.05, 3.63) is 41.8 Å². The second-order valence-electron chi connectivity index (χ2n) is 4.24. The van der Waals surface area contributed by atoms with Crippen LogP contribution in [-0.2, 0) is 6.42 Å². The molecular weight excluding hydrogens is 230 g/mol. The number of carbonyl (C=O) groups is 1. The summed E-state index contributed by atoms with van der Waals surface area (Å²) in [7, 11) is 0. The maximum Gasteiger partial charge on any atom is 0.277 e. The Balaban J connectivity index is 1.79. The summed E-state index contributed by atoms with van der Waals surface area (Å²) in [6.45, 7) is 0.980. The number of carbonyl (C=O) groups excluding carboxylic acids is 1. The third kappa shape index (κ3) is 2.07. The second-order valence-corrected chi connectivity index (χ2v) is 4.24. The zero-order valence-electron chi connectivity index (χ0n) is 9.77. The number of aryl methyl sites for hydroxylation is 1. The molecule has 0 saturated heterocycles. The summed E-state index contributed by atoms with van der Waals surface area (Å²) < 4.78 is 4.64. The van der Waals surface area contributed by atoms with Crippen molar-refractivity contribution in [2.45, 2.75) is 12.8 Å². The zero-order valence-corrected chi connectivity index (χ0v) is 9.77. The topological polar surface area (TPSA) is 67.2 Å². The average molecular weight is 243 g/mol. The van der Waals surface area contributed by atoms with Crippen LogP contribution >= 0.6 is 0 Å². The van der Waals surface area contributed by atoms with E-state index in [9.17, 15) is 4.79 Å². The van der Waals surface area contributed by atoms with Crippen molar-refractivity contribution in [1.82, 2.24) is 5.16 Å². The van der Waals surface area contributed by atoms with Crippen molar-refractivity contribution in [2.75, 3.05) is 17.2 Å². The van der Waals surface area contributed by atoms with Gasteiger partial charge in [0, 0.05) is 24.0 Å². The van der Waals surface area contributed by atoms with Gasteiger partial charge in [0.2, 0.25) is 0 Å². The summed E-state index contributed by atoms with van der Waals surface area (Å²) >= 11 is 0. The summed E-state index contributed by atoms with van der Waals surface area (Å²) in [5.74, 6) is -0.264. The van der Waals surface area contributed by atoms with Crippen LogP contribution in [0.2, 0.25) is 0 Å². The van der Waals surface area contributed by atoms with E-state index in [1.165, 1.54) is 17.9 Å². The number of nitrogens with one attached hydrogen (secondary N) is 2. The molecule has 0 radical (unpaired) electrons. The molecule has 0 atom stereocenters. The molecule has 0 unspecified atom stereocenters. The third-order valence-corrected chi connectivity index (χ3v) is 2.98. The molecule has 92 valence electrons. The van der Waals surface area contributed by atoms with Gasteiger partial charge in [-0.15, -0.1) is 0 Å². The van der Waals surface area contributed by atoms with Gasteiger partial charge in [0.15, 0.2) is 5.69 Å². The molecule has 18 heavy (non-hydrogen) atoms. The van der Waals surface area contributed by atoms with Gasteiger partial charge in [0.05, 0.1) is 0 Å². The first-order valence-corrected chi connectivity index (χ1v) is 5.91. The van der Waals surface area contributed by atoms with Gasteiger partial charge >= 0.3 is 0 Å². The van der Waals surface area contributed by atoms with Crippen molar-refractivity contribution in [3.63, 3.8) is 0 Å². The van der Waals surface area contributed by atoms with Crippen molar-refractivity contribution >= 4 is 17.3 Å². The molecule has 1 aromatic heterocycles. The smallest absolute Gasteiger partial charge is 0.277 e. The van der Waals surface area contributed by atoms with E-state index < -0.39 is 0 Å². The number of anilines is 2. The summed E-state index contributed by atoms with van der Waals surface area (Å²) in [5, 5.41) is 9.72. The Morgan fingerprint density at radius 1 is 1.39 bits per heavy atom. The lowest BCUT2D eigenvalue weighted by molar-refractivity contribution is 0.101. The Morgan fingerprint density at radius 3 is 3.17 bits per heavy atom. The van der Waals surface area contributed by atoms with E-state index in [-0.39, 0.29) is 11.6 Å². The van der Waals surface area contributed by atoms with Crippen molar-refractivity contribution in [2.24, 2.45) is 0 Å². The van der Waals surface area contributed by atoms with Gasteiger partial charge in [0.25, 0.3) is 5.91 Å². The van der Waals surface area contributed by atoms with Gasteiger partial charge in [0.1, 0.15) is 6.26 Å². The molecule has 2 N–H and O–H groups in total. The fraction of sp³-hybridized carbons (Fsp3) is 0.231. The number of benzene rings is 1. The van der Waals surface area contributed by atoms with E-state index in [0.29, 0.717) is 0 Å². The maximum absolute atomic E-state index is 11.8. The number of hydrogen-bond acceptors (Lipinski definition) is 4. The highest BCUT2D eigenvalue weighted by Crippen LogP contribution is 2.25. The lowest BCUT2D eigenvalue weighted by atomic mass is 10.0. The molecule has 5 nitrogen and oxygen atoms in total. The van der Waals surface area contributed by atoms with Crippen molar-refractivity contribution in [1.29, 1.82) is 0 Å². The third-order valence-electron chi connectivity index (χ3n) is 2.98. The van der Waals surface area contributed by atoms with Crippen LogP contribution in [0.4, 0.5) is 11.4 Å². The molecule has 0 spiro atoms. The highest BCUT2D eigenvalue weighted by molar-refractivity contribution is 6.02. The normalized spacial score (nSPS) is 13.6. The summed E-state index contributed by atoms with van der Waals surface area (Å²) in [4.78, 5) is 11.8. The summed E-state index contributed by atoms with van der Waals surface area (Å²) in [5.41, 5.74) is 3.43. The van der Waals surface area contributed by atoms with Crippen LogP contribution in [0, 0.1) is 0 Å². The molecule has 2 aromatic rings. The Bertz CT molecular complexity index is 564. The van der Waals surface area contributed by atoms with Crippen LogP contribution in [0.1, 0.15) is 22.5 Å². The van der Waals surface area contributed by atoms with E-state index in [1.54, 1.807) is 0 Å². The van der Waals surface area contributed by atoms with Crippen LogP contribution in [0.5, 0.6) is 0 Å². The first-order chi connectivity index (χ1) is 8.83. The minimum Gasteiger partial charge on any atom is -0.385 e. The van der Waals surface area contributed by atoms with Crippen LogP contribution in [0.15, 0.2) is 35.1 Å². The molecule has 3 rings (SSSR count). The van der Waals surface area contributed by atoms with Gasteiger partial charge in [-0.3, -0.25) is 4.79 Å². The largest absolute Gasteiger partial charge is 0.385 e. The fourth-order valence-corrected chi connectivity index (χ4v) is 2.06. The van der Waals surface area contributed by atoms with Crippen LogP contribution in [0.3, 0.4) is 0 Å². The first-order valence-electron chi connectivity index (χ1n) is 5.91. The molecular formula is C13H13N3O2. The average Bonchev–Trinajstić information content (AvgIpc) is 2.92. The highest BCUT2D eigenvalue weighted by atomic mass is 16.5. The highest BCUT2D eigenvalue weighted by Gasteiger charge is 2.12. The van der Waals surface area contributed by atoms with Gasteiger partial charge in [-0.05, 0) is 30.5 Å². The Morgan fingerprint density at radius 2 is 2.33 bits per heavy atom. The van der Waals surface area contributed by atoms with Gasteiger partial charge < -0.3 is 15.2 Å². The van der Waals surface area contributed by atoms with E-state index in [2.05, 4.69) is 20.3 Å². The Hall–Kier alpha value is -2.30. The predicted molar refractivity (Wildman–Crippen MR) is 67.7 cm³/mol. The van der Waals surface area contributed by atoms with Gasteiger partial charge in [-0.25, -0.2) is 0 Å². The van der Waals surface area contributed by atoms with E-state index in [0.717, 1.165) is 30.8 Å². The van der Waals surface area contributed by atoms with Crippen LogP contribution < -0.4 is 10.6 Å². The molecule has 0 aliphatic carbocycles. The molecule has 0 bridgehead atoms. The predicted octanol–water partition coefficient (Wildman–Crippen LogP) is 2.29. The quantitative estimate of drug-likeness (QED) is 0.849. The van der Waals surface area contributed by atoms with Crippen LogP contribution in [0.25, 0.3) is 0 Å². The Kier molecular flexibility index (Phi) is 2.72. The molecule has 0 fully saturated rings. The SMILES string of the molecule is O=C(Nc1ccc2c(c1)NCCC2)c1ccon1. The van der Waals surface area contributed by atoms with Crippen molar-refractivity contribution < 1.29 is 9.32 Å². The number of aromatic nitrogens is 1. The monoisotopic (exact) mass is 243 g/mol. The standard InChI is InChI=1S/C13H13N3O2/c17-13(11-5-7-18-16-11)15-10-4-3-9-2-1-6-14-12(9)8-10/h3-5,7-8,14H,1-2,6H2,(H,15,17). The second kappa shape index (κ2) is 4.52. The Labute approximate surface area is 104 Å². The first kappa shape index (κ1) is 10.8. The van der Waals surface area contributed by atoms with Crippen LogP contribution in [-0.4, -0.2) is 17.6 Å². The number of fused-ring (bicyclic) bond motifs is 1. The summed E-state index contributed by atoms with van der Waals surface area (Å²) in [6, 6.07) is 7.43. The van der Waals surface area contributed by atoms with Gasteiger partial charge in [-0.2, -0.15) is 0 Å². The molecule has 1 amide bonds. The molecule has 5 heteroatoms. The fourth-order valence-electron chi connectivity index (χ4n) is 2.06. The lowest BCUT2D eigenvalue weighted by Crippen LogP contribution is -2.15. The number of hydrogen-bond donors (Lipinski definition) is 2. The van der Waals surface area contributed by atoms with E-state index in [1.807, 2.05) is 18.2 Å². The minimum atomic E-state index is -0.264. The van der Waals surface area contributed by atoms with Crippen molar-refractivity contribution in [3.8, 4) is 0 Å². The molecule has 2 heterocycles. The molecule has 1 aliphatic rings.